The lowest BCUT2D eigenvalue weighted by molar-refractivity contribution is 0.809. The zero-order valence-corrected chi connectivity index (χ0v) is 10.2. The largest absolute Gasteiger partial charge is 0.360 e. The molecule has 19 heavy (non-hydrogen) atoms. The Morgan fingerprint density at radius 1 is 1.37 bits per heavy atom. The molecule has 2 aromatic heterocycles. The number of benzene rings is 1. The molecule has 5 heteroatoms. The zero-order valence-electron chi connectivity index (χ0n) is 10.2. The van der Waals surface area contributed by atoms with Gasteiger partial charge in [0, 0.05) is 35.9 Å². The first-order valence-electron chi connectivity index (χ1n) is 5.75. The second-order valence-electron chi connectivity index (χ2n) is 4.26. The minimum absolute atomic E-state index is 0.376. The molecule has 2 heterocycles. The van der Waals surface area contributed by atoms with Crippen LogP contribution in [0.15, 0.2) is 41.5 Å². The van der Waals surface area contributed by atoms with Crippen LogP contribution in [0.2, 0.25) is 0 Å². The molecule has 1 N–H and O–H groups in total. The SMILES string of the molecule is Cn1cc(C#N)c(-c2c[nH]c3ccccc23)nc1=O. The standard InChI is InChI=1S/C14H10N4O/c1-18-8-9(6-15)13(17-14(18)19)11-7-16-12-5-3-2-4-10(11)12/h2-5,7-8,16H,1H3. The Balaban J connectivity index is 2.36. The summed E-state index contributed by atoms with van der Waals surface area (Å²) in [6.07, 6.45) is 3.28. The van der Waals surface area contributed by atoms with Crippen LogP contribution in [0, 0.1) is 11.3 Å². The number of rotatable bonds is 1. The van der Waals surface area contributed by atoms with Crippen molar-refractivity contribution in [1.29, 1.82) is 5.26 Å². The highest BCUT2D eigenvalue weighted by Crippen LogP contribution is 2.28. The number of nitrogens with one attached hydrogen (secondary N) is 1. The molecule has 0 unspecified atom stereocenters. The van der Waals surface area contributed by atoms with Gasteiger partial charge in [0.2, 0.25) is 0 Å². The maximum absolute atomic E-state index is 11.7. The third-order valence-corrected chi connectivity index (χ3v) is 3.05. The number of aromatic amines is 1. The average Bonchev–Trinajstić information content (AvgIpc) is 2.85. The molecule has 5 nitrogen and oxygen atoms in total. The van der Waals surface area contributed by atoms with Crippen molar-refractivity contribution < 1.29 is 0 Å². The molecular formula is C14H10N4O. The molecule has 92 valence electrons. The van der Waals surface area contributed by atoms with E-state index in [1.165, 1.54) is 10.8 Å². The number of hydrogen-bond donors (Lipinski definition) is 1. The molecule has 0 aliphatic carbocycles. The molecular weight excluding hydrogens is 240 g/mol. The van der Waals surface area contributed by atoms with Gasteiger partial charge in [0.15, 0.2) is 0 Å². The van der Waals surface area contributed by atoms with Crippen LogP contribution in [-0.4, -0.2) is 14.5 Å². The Morgan fingerprint density at radius 3 is 2.95 bits per heavy atom. The van der Waals surface area contributed by atoms with E-state index in [4.69, 9.17) is 0 Å². The molecule has 0 fully saturated rings. The Kier molecular flexibility index (Phi) is 2.43. The molecule has 0 spiro atoms. The summed E-state index contributed by atoms with van der Waals surface area (Å²) < 4.78 is 1.30. The first-order valence-corrected chi connectivity index (χ1v) is 5.75. The highest BCUT2D eigenvalue weighted by atomic mass is 16.1. The van der Waals surface area contributed by atoms with E-state index in [2.05, 4.69) is 16.0 Å². The van der Waals surface area contributed by atoms with Crippen molar-refractivity contribution in [3.05, 3.63) is 52.7 Å². The topological polar surface area (TPSA) is 74.5 Å². The van der Waals surface area contributed by atoms with Crippen LogP contribution in [0.25, 0.3) is 22.2 Å². The van der Waals surface area contributed by atoms with Crippen molar-refractivity contribution >= 4 is 10.9 Å². The molecule has 3 aromatic rings. The monoisotopic (exact) mass is 250 g/mol. The summed E-state index contributed by atoms with van der Waals surface area (Å²) in [5.41, 5.74) is 2.14. The highest BCUT2D eigenvalue weighted by Gasteiger charge is 2.13. The summed E-state index contributed by atoms with van der Waals surface area (Å²) in [4.78, 5) is 18.8. The molecule has 0 atom stereocenters. The van der Waals surface area contributed by atoms with Crippen LogP contribution in [0.5, 0.6) is 0 Å². The molecule has 0 radical (unpaired) electrons. The fraction of sp³-hybridized carbons (Fsp3) is 0.0714. The van der Waals surface area contributed by atoms with E-state index >= 15 is 0 Å². The number of aryl methyl sites for hydroxylation is 1. The van der Waals surface area contributed by atoms with Gasteiger partial charge in [0.05, 0.1) is 11.3 Å². The second kappa shape index (κ2) is 4.10. The average molecular weight is 250 g/mol. The van der Waals surface area contributed by atoms with Gasteiger partial charge in [-0.05, 0) is 6.07 Å². The normalized spacial score (nSPS) is 10.5. The summed E-state index contributed by atoms with van der Waals surface area (Å²) in [6, 6.07) is 9.78. The van der Waals surface area contributed by atoms with Gasteiger partial charge in [-0.15, -0.1) is 0 Å². The maximum Gasteiger partial charge on any atom is 0.347 e. The number of nitrogens with zero attached hydrogens (tertiary/aromatic N) is 3. The second-order valence-corrected chi connectivity index (χ2v) is 4.26. The van der Waals surface area contributed by atoms with E-state index in [1.54, 1.807) is 13.2 Å². The highest BCUT2D eigenvalue weighted by molar-refractivity contribution is 5.95. The van der Waals surface area contributed by atoms with E-state index < -0.39 is 0 Å². The van der Waals surface area contributed by atoms with E-state index in [1.807, 2.05) is 24.3 Å². The smallest absolute Gasteiger partial charge is 0.347 e. The number of fused-ring (bicyclic) bond motifs is 1. The van der Waals surface area contributed by atoms with Crippen LogP contribution >= 0.6 is 0 Å². The third-order valence-electron chi connectivity index (χ3n) is 3.05. The maximum atomic E-state index is 11.7. The van der Waals surface area contributed by atoms with Gasteiger partial charge in [-0.2, -0.15) is 10.2 Å². The van der Waals surface area contributed by atoms with Gasteiger partial charge in [0.25, 0.3) is 0 Å². The molecule has 0 saturated heterocycles. The van der Waals surface area contributed by atoms with Crippen molar-refractivity contribution in [1.82, 2.24) is 14.5 Å². The summed E-state index contributed by atoms with van der Waals surface area (Å²) in [5.74, 6) is 0. The number of H-pyrrole nitrogens is 1. The van der Waals surface area contributed by atoms with Gasteiger partial charge >= 0.3 is 5.69 Å². The van der Waals surface area contributed by atoms with Crippen LogP contribution in [0.1, 0.15) is 5.56 Å². The Bertz CT molecular complexity index is 867. The molecule has 0 bridgehead atoms. The van der Waals surface area contributed by atoms with Crippen LogP contribution in [-0.2, 0) is 7.05 Å². The van der Waals surface area contributed by atoms with Crippen LogP contribution < -0.4 is 5.69 Å². The predicted molar refractivity (Wildman–Crippen MR) is 71.5 cm³/mol. The molecule has 3 rings (SSSR count). The molecule has 0 aliphatic rings. The van der Waals surface area contributed by atoms with Crippen molar-refractivity contribution in [2.24, 2.45) is 7.05 Å². The number of nitriles is 1. The predicted octanol–water partition coefficient (Wildman–Crippen LogP) is 1.80. The van der Waals surface area contributed by atoms with Crippen molar-refractivity contribution in [2.75, 3.05) is 0 Å². The Morgan fingerprint density at radius 2 is 2.16 bits per heavy atom. The molecule has 0 amide bonds. The Labute approximate surface area is 108 Å². The fourth-order valence-corrected chi connectivity index (χ4v) is 2.10. The van der Waals surface area contributed by atoms with Gasteiger partial charge in [-0.3, -0.25) is 0 Å². The summed E-state index contributed by atoms with van der Waals surface area (Å²) >= 11 is 0. The summed E-state index contributed by atoms with van der Waals surface area (Å²) in [6.45, 7) is 0. The number of aromatic nitrogens is 3. The van der Waals surface area contributed by atoms with Gasteiger partial charge in [0.1, 0.15) is 6.07 Å². The van der Waals surface area contributed by atoms with E-state index in [0.29, 0.717) is 11.3 Å². The molecule has 1 aromatic carbocycles. The Hall–Kier alpha value is -2.87. The van der Waals surface area contributed by atoms with E-state index in [-0.39, 0.29) is 5.69 Å². The molecule has 0 aliphatic heterocycles. The lowest BCUT2D eigenvalue weighted by atomic mass is 10.1. The first-order chi connectivity index (χ1) is 9.20. The third kappa shape index (κ3) is 1.70. The lowest BCUT2D eigenvalue weighted by Crippen LogP contribution is -2.20. The first kappa shape index (κ1) is 11.2. The summed E-state index contributed by atoms with van der Waals surface area (Å²) in [5, 5.41) is 10.1. The minimum atomic E-state index is -0.376. The van der Waals surface area contributed by atoms with E-state index in [0.717, 1.165) is 16.5 Å². The zero-order chi connectivity index (χ0) is 13.4. The quantitative estimate of drug-likeness (QED) is 0.715. The van der Waals surface area contributed by atoms with Crippen molar-refractivity contribution in [2.45, 2.75) is 0 Å². The van der Waals surface area contributed by atoms with E-state index in [9.17, 15) is 10.1 Å². The number of hydrogen-bond acceptors (Lipinski definition) is 3. The van der Waals surface area contributed by atoms with Crippen LogP contribution in [0.3, 0.4) is 0 Å². The minimum Gasteiger partial charge on any atom is -0.360 e. The van der Waals surface area contributed by atoms with Gasteiger partial charge in [-0.1, -0.05) is 18.2 Å². The van der Waals surface area contributed by atoms with Crippen LogP contribution in [0.4, 0.5) is 0 Å². The van der Waals surface area contributed by atoms with Gasteiger partial charge < -0.3 is 9.55 Å². The van der Waals surface area contributed by atoms with Gasteiger partial charge in [-0.25, -0.2) is 4.79 Å². The lowest BCUT2D eigenvalue weighted by Gasteiger charge is -2.03. The summed E-state index contributed by atoms with van der Waals surface area (Å²) in [7, 11) is 1.58. The number of para-hydroxylation sites is 1. The van der Waals surface area contributed by atoms with Crippen molar-refractivity contribution in [3.8, 4) is 17.3 Å². The van der Waals surface area contributed by atoms with Crippen molar-refractivity contribution in [3.63, 3.8) is 0 Å². The molecule has 0 saturated carbocycles. The fourth-order valence-electron chi connectivity index (χ4n) is 2.10.